The monoisotopic (exact) mass is 370 g/mol. The number of aryl methyl sites for hydroxylation is 1. The number of nitro groups is 1. The molecule has 110 valence electrons. The molecule has 0 aliphatic carbocycles. The lowest BCUT2D eigenvalue weighted by Gasteiger charge is -2.11. The molecule has 2 aromatic carbocycles. The smallest absolute Gasteiger partial charge is 0.274 e. The lowest BCUT2D eigenvalue weighted by Crippen LogP contribution is -2.02. The van der Waals surface area contributed by atoms with Gasteiger partial charge in [-0.25, -0.2) is 0 Å². The first-order valence-electron chi connectivity index (χ1n) is 6.04. The van der Waals surface area contributed by atoms with Gasteiger partial charge in [0.15, 0.2) is 0 Å². The second-order valence-corrected chi connectivity index (χ2v) is 5.79. The van der Waals surface area contributed by atoms with E-state index in [1.54, 1.807) is 25.1 Å². The molecule has 2 N–H and O–H groups in total. The average Bonchev–Trinajstić information content (AvgIpc) is 2.41. The van der Waals surface area contributed by atoms with Crippen molar-refractivity contribution in [3.63, 3.8) is 0 Å². The summed E-state index contributed by atoms with van der Waals surface area (Å²) in [6.45, 7) is 1.97. The molecule has 2 aromatic rings. The molecule has 0 atom stereocenters. The molecule has 0 heterocycles. The Hall–Kier alpha value is -1.79. The van der Waals surface area contributed by atoms with E-state index in [-0.39, 0.29) is 11.4 Å². The van der Waals surface area contributed by atoms with E-state index in [0.717, 1.165) is 0 Å². The van der Waals surface area contributed by atoms with Crippen LogP contribution in [0, 0.1) is 17.0 Å². The van der Waals surface area contributed by atoms with Crippen molar-refractivity contribution in [2.45, 2.75) is 13.5 Å². The number of halogens is 2. The zero-order valence-electron chi connectivity index (χ0n) is 11.1. The summed E-state index contributed by atoms with van der Waals surface area (Å²) in [4.78, 5) is 10.5. The van der Waals surface area contributed by atoms with Crippen molar-refractivity contribution in [2.75, 3.05) is 5.32 Å². The van der Waals surface area contributed by atoms with Crippen LogP contribution in [0.25, 0.3) is 0 Å². The standard InChI is InChI=1S/C14H12BrClN2O3/c1-8-4-11(15)12(6-13(8)18(20)21)17-7-9-5-10(16)2-3-14(9)19/h2-6,17,19H,7H2,1H3. The van der Waals surface area contributed by atoms with Crippen molar-refractivity contribution in [1.29, 1.82) is 0 Å². The van der Waals surface area contributed by atoms with Crippen molar-refractivity contribution in [1.82, 2.24) is 0 Å². The van der Waals surface area contributed by atoms with E-state index in [1.807, 2.05) is 0 Å². The van der Waals surface area contributed by atoms with Crippen molar-refractivity contribution < 1.29 is 10.0 Å². The summed E-state index contributed by atoms with van der Waals surface area (Å²) < 4.78 is 0.715. The van der Waals surface area contributed by atoms with Crippen LogP contribution < -0.4 is 5.32 Å². The highest BCUT2D eigenvalue weighted by Gasteiger charge is 2.14. The topological polar surface area (TPSA) is 75.4 Å². The number of phenolic OH excluding ortho intramolecular Hbond substituents is 1. The molecular weight excluding hydrogens is 360 g/mol. The minimum atomic E-state index is -0.427. The Morgan fingerprint density at radius 1 is 1.38 bits per heavy atom. The first kappa shape index (κ1) is 15.6. The Bertz CT molecular complexity index is 707. The van der Waals surface area contributed by atoms with Gasteiger partial charge in [-0.15, -0.1) is 0 Å². The zero-order valence-corrected chi connectivity index (χ0v) is 13.4. The summed E-state index contributed by atoms with van der Waals surface area (Å²) in [5.74, 6) is 0.115. The molecule has 21 heavy (non-hydrogen) atoms. The minimum absolute atomic E-state index is 0.0380. The summed E-state index contributed by atoms with van der Waals surface area (Å²) in [6, 6.07) is 7.87. The number of aromatic hydroxyl groups is 1. The van der Waals surface area contributed by atoms with Crippen molar-refractivity contribution in [3.05, 3.63) is 61.1 Å². The van der Waals surface area contributed by atoms with E-state index < -0.39 is 4.92 Å². The quantitative estimate of drug-likeness (QED) is 0.606. The molecule has 0 aliphatic heterocycles. The second-order valence-electron chi connectivity index (χ2n) is 4.50. The van der Waals surface area contributed by atoms with Crippen LogP contribution in [0.4, 0.5) is 11.4 Å². The highest BCUT2D eigenvalue weighted by atomic mass is 79.9. The largest absolute Gasteiger partial charge is 0.508 e. The van der Waals surface area contributed by atoms with Gasteiger partial charge in [0, 0.05) is 33.2 Å². The van der Waals surface area contributed by atoms with E-state index in [9.17, 15) is 15.2 Å². The maximum atomic E-state index is 11.0. The van der Waals surface area contributed by atoms with Crippen LogP contribution >= 0.6 is 27.5 Å². The van der Waals surface area contributed by atoms with Gasteiger partial charge in [0.2, 0.25) is 0 Å². The third kappa shape index (κ3) is 3.65. The van der Waals surface area contributed by atoms with Gasteiger partial charge in [-0.3, -0.25) is 10.1 Å². The van der Waals surface area contributed by atoms with Gasteiger partial charge in [-0.2, -0.15) is 0 Å². The van der Waals surface area contributed by atoms with Gasteiger partial charge < -0.3 is 10.4 Å². The van der Waals surface area contributed by atoms with Crippen molar-refractivity contribution >= 4 is 38.9 Å². The predicted octanol–water partition coefficient (Wildman–Crippen LogP) is 4.64. The minimum Gasteiger partial charge on any atom is -0.508 e. The Kier molecular flexibility index (Phi) is 4.69. The summed E-state index contributed by atoms with van der Waals surface area (Å²) in [5, 5.41) is 24.3. The third-order valence-electron chi connectivity index (χ3n) is 2.99. The van der Waals surface area contributed by atoms with Crippen molar-refractivity contribution in [2.24, 2.45) is 0 Å². The molecule has 5 nitrogen and oxygen atoms in total. The second kappa shape index (κ2) is 6.32. The summed E-state index contributed by atoms with van der Waals surface area (Å²) in [5.41, 5.74) is 1.79. The number of rotatable bonds is 4. The van der Waals surface area contributed by atoms with Gasteiger partial charge in [-0.05, 0) is 47.1 Å². The number of nitrogens with zero attached hydrogens (tertiary/aromatic N) is 1. The van der Waals surface area contributed by atoms with Gasteiger partial charge in [0.25, 0.3) is 5.69 Å². The number of hydrogen-bond donors (Lipinski definition) is 2. The van der Waals surface area contributed by atoms with Gasteiger partial charge in [0.05, 0.1) is 10.6 Å². The highest BCUT2D eigenvalue weighted by Crippen LogP contribution is 2.31. The predicted molar refractivity (Wildman–Crippen MR) is 86.0 cm³/mol. The van der Waals surface area contributed by atoms with E-state index in [0.29, 0.717) is 32.9 Å². The Labute approximate surface area is 134 Å². The first-order valence-corrected chi connectivity index (χ1v) is 7.21. The number of nitro benzene ring substituents is 1. The maximum absolute atomic E-state index is 11.0. The molecular formula is C14H12BrClN2O3. The van der Waals surface area contributed by atoms with Crippen LogP contribution in [0.3, 0.4) is 0 Å². The van der Waals surface area contributed by atoms with Crippen LogP contribution in [-0.2, 0) is 6.54 Å². The van der Waals surface area contributed by atoms with E-state index in [4.69, 9.17) is 11.6 Å². The maximum Gasteiger partial charge on any atom is 0.274 e. The summed E-state index contributed by atoms with van der Waals surface area (Å²) in [6.07, 6.45) is 0. The van der Waals surface area contributed by atoms with Crippen LogP contribution in [0.15, 0.2) is 34.8 Å². The first-order chi connectivity index (χ1) is 9.88. The molecule has 7 heteroatoms. The van der Waals surface area contributed by atoms with Crippen LogP contribution in [-0.4, -0.2) is 10.0 Å². The molecule has 0 saturated carbocycles. The molecule has 0 spiro atoms. The summed E-state index contributed by atoms with van der Waals surface area (Å²) >= 11 is 9.24. The molecule has 0 unspecified atom stereocenters. The lowest BCUT2D eigenvalue weighted by atomic mass is 10.1. The number of nitrogens with one attached hydrogen (secondary N) is 1. The number of hydrogen-bond acceptors (Lipinski definition) is 4. The van der Waals surface area contributed by atoms with Crippen molar-refractivity contribution in [3.8, 4) is 5.75 Å². The van der Waals surface area contributed by atoms with E-state index in [2.05, 4.69) is 21.2 Å². The SMILES string of the molecule is Cc1cc(Br)c(NCc2cc(Cl)ccc2O)cc1[N+](=O)[O-]. The molecule has 0 amide bonds. The number of benzene rings is 2. The van der Waals surface area contributed by atoms with E-state index >= 15 is 0 Å². The Morgan fingerprint density at radius 3 is 2.76 bits per heavy atom. The molecule has 0 fully saturated rings. The molecule has 0 aromatic heterocycles. The van der Waals surface area contributed by atoms with Gasteiger partial charge in [-0.1, -0.05) is 11.6 Å². The van der Waals surface area contributed by atoms with Gasteiger partial charge >= 0.3 is 0 Å². The molecule has 0 aliphatic rings. The molecule has 2 rings (SSSR count). The lowest BCUT2D eigenvalue weighted by molar-refractivity contribution is -0.385. The van der Waals surface area contributed by atoms with Gasteiger partial charge in [0.1, 0.15) is 5.75 Å². The fourth-order valence-corrected chi connectivity index (χ4v) is 2.67. The molecule has 0 radical (unpaired) electrons. The Morgan fingerprint density at radius 2 is 2.10 bits per heavy atom. The highest BCUT2D eigenvalue weighted by molar-refractivity contribution is 9.10. The normalized spacial score (nSPS) is 10.4. The van der Waals surface area contributed by atoms with Crippen LogP contribution in [0.1, 0.15) is 11.1 Å². The fourth-order valence-electron chi connectivity index (χ4n) is 1.88. The molecule has 0 bridgehead atoms. The summed E-state index contributed by atoms with van der Waals surface area (Å²) in [7, 11) is 0. The number of anilines is 1. The zero-order chi connectivity index (χ0) is 15.6. The van der Waals surface area contributed by atoms with Crippen LogP contribution in [0.5, 0.6) is 5.75 Å². The van der Waals surface area contributed by atoms with Crippen LogP contribution in [0.2, 0.25) is 5.02 Å². The third-order valence-corrected chi connectivity index (χ3v) is 3.88. The Balaban J connectivity index is 2.25. The van der Waals surface area contributed by atoms with E-state index in [1.165, 1.54) is 12.1 Å². The fraction of sp³-hybridized carbons (Fsp3) is 0.143. The molecule has 0 saturated heterocycles. The average molecular weight is 372 g/mol. The number of phenols is 1.